The normalized spacial score (nSPS) is 10.3. The molecule has 35 heavy (non-hydrogen) atoms. The van der Waals surface area contributed by atoms with Gasteiger partial charge in [0.2, 0.25) is 11.8 Å². The average molecular weight is 485 g/mol. The first kappa shape index (κ1) is 27.5. The molecular weight excluding hydrogens is 452 g/mol. The quantitative estimate of drug-likeness (QED) is 0.304. The van der Waals surface area contributed by atoms with Gasteiger partial charge in [-0.2, -0.15) is 0 Å². The van der Waals surface area contributed by atoms with Crippen LogP contribution >= 0.6 is 0 Å². The van der Waals surface area contributed by atoms with E-state index >= 15 is 0 Å². The van der Waals surface area contributed by atoms with E-state index in [2.05, 4.69) is 21.3 Å². The minimum Gasteiger partial charge on any atom is -0.383 e. The first-order valence-electron chi connectivity index (χ1n) is 11.3. The largest absolute Gasteiger partial charge is 0.383 e. The van der Waals surface area contributed by atoms with E-state index in [1.807, 2.05) is 0 Å². The van der Waals surface area contributed by atoms with E-state index in [1.54, 1.807) is 62.8 Å². The molecule has 0 aliphatic rings. The Labute approximate surface area is 204 Å². The van der Waals surface area contributed by atoms with Crippen LogP contribution in [0.2, 0.25) is 0 Å². The monoisotopic (exact) mass is 484 g/mol. The van der Waals surface area contributed by atoms with Crippen LogP contribution in [0.25, 0.3) is 0 Å². The maximum atomic E-state index is 12.3. The van der Waals surface area contributed by atoms with Crippen LogP contribution in [0.1, 0.15) is 40.0 Å². The van der Waals surface area contributed by atoms with Crippen molar-refractivity contribution in [2.75, 3.05) is 51.2 Å². The molecule has 2 aromatic rings. The topological polar surface area (TPSA) is 135 Å². The summed E-state index contributed by atoms with van der Waals surface area (Å²) in [4.78, 5) is 48.8. The Bertz CT molecular complexity index is 931. The molecule has 0 heterocycles. The van der Waals surface area contributed by atoms with Gasteiger partial charge >= 0.3 is 0 Å². The number of rotatable bonds is 14. The molecule has 4 N–H and O–H groups in total. The van der Waals surface area contributed by atoms with Gasteiger partial charge in [0, 0.05) is 62.7 Å². The van der Waals surface area contributed by atoms with E-state index in [1.165, 1.54) is 0 Å². The molecule has 0 aromatic heterocycles. The average Bonchev–Trinajstić information content (AvgIpc) is 2.84. The summed E-state index contributed by atoms with van der Waals surface area (Å²) < 4.78 is 9.81. The van der Waals surface area contributed by atoms with Crippen molar-refractivity contribution >= 4 is 35.0 Å². The maximum absolute atomic E-state index is 12.3. The van der Waals surface area contributed by atoms with E-state index in [4.69, 9.17) is 9.47 Å². The fourth-order valence-corrected chi connectivity index (χ4v) is 3.07. The predicted molar refractivity (Wildman–Crippen MR) is 132 cm³/mol. The number of anilines is 2. The minimum atomic E-state index is -0.260. The summed E-state index contributed by atoms with van der Waals surface area (Å²) in [6, 6.07) is 13.2. The van der Waals surface area contributed by atoms with Gasteiger partial charge in [-0.15, -0.1) is 0 Å². The van der Waals surface area contributed by atoms with Crippen LogP contribution in [-0.4, -0.2) is 64.2 Å². The van der Waals surface area contributed by atoms with Crippen LogP contribution in [0.4, 0.5) is 11.4 Å². The van der Waals surface area contributed by atoms with Gasteiger partial charge < -0.3 is 30.7 Å². The number of benzene rings is 2. The van der Waals surface area contributed by atoms with E-state index < -0.39 is 0 Å². The van der Waals surface area contributed by atoms with Crippen molar-refractivity contribution in [2.24, 2.45) is 0 Å². The van der Waals surface area contributed by atoms with E-state index in [0.29, 0.717) is 55.2 Å². The fourth-order valence-electron chi connectivity index (χ4n) is 3.07. The van der Waals surface area contributed by atoms with Gasteiger partial charge in [-0.3, -0.25) is 19.2 Å². The third-order valence-corrected chi connectivity index (χ3v) is 4.81. The fraction of sp³-hybridized carbons (Fsp3) is 0.360. The molecular formula is C25H32N4O6. The molecule has 0 radical (unpaired) electrons. The summed E-state index contributed by atoms with van der Waals surface area (Å²) in [5, 5.41) is 10.9. The third kappa shape index (κ3) is 10.4. The lowest BCUT2D eigenvalue weighted by Gasteiger charge is -2.09. The molecule has 2 rings (SSSR count). The van der Waals surface area contributed by atoms with Crippen molar-refractivity contribution in [3.05, 3.63) is 59.7 Å². The van der Waals surface area contributed by atoms with Crippen LogP contribution in [0.15, 0.2) is 48.5 Å². The molecule has 10 heteroatoms. The predicted octanol–water partition coefficient (Wildman–Crippen LogP) is 2.19. The number of amides is 4. The smallest absolute Gasteiger partial charge is 0.251 e. The molecule has 0 spiro atoms. The zero-order valence-electron chi connectivity index (χ0n) is 20.0. The van der Waals surface area contributed by atoms with Crippen LogP contribution < -0.4 is 21.3 Å². The number of hydrogen-bond acceptors (Lipinski definition) is 6. The molecule has 0 aliphatic heterocycles. The zero-order chi connectivity index (χ0) is 25.5. The Kier molecular flexibility index (Phi) is 11.9. The number of methoxy groups -OCH3 is 2. The molecule has 2 aromatic carbocycles. The molecule has 188 valence electrons. The molecule has 0 saturated heterocycles. The number of carbonyl (C=O) groups excluding carboxylic acids is 4. The van der Waals surface area contributed by atoms with Crippen molar-refractivity contribution in [2.45, 2.75) is 19.3 Å². The Morgan fingerprint density at radius 2 is 1.11 bits per heavy atom. The van der Waals surface area contributed by atoms with Gasteiger partial charge in [0.1, 0.15) is 0 Å². The molecule has 4 amide bonds. The lowest BCUT2D eigenvalue weighted by Crippen LogP contribution is -2.27. The second kappa shape index (κ2) is 15.2. The summed E-state index contributed by atoms with van der Waals surface area (Å²) >= 11 is 0. The molecule has 0 bridgehead atoms. The van der Waals surface area contributed by atoms with Gasteiger partial charge in [0.15, 0.2) is 0 Å². The lowest BCUT2D eigenvalue weighted by atomic mass is 10.1. The second-order valence-corrected chi connectivity index (χ2v) is 7.61. The van der Waals surface area contributed by atoms with Crippen LogP contribution in [0.3, 0.4) is 0 Å². The van der Waals surface area contributed by atoms with E-state index in [9.17, 15) is 19.2 Å². The van der Waals surface area contributed by atoms with E-state index in [-0.39, 0.29) is 36.5 Å². The summed E-state index contributed by atoms with van der Waals surface area (Å²) in [6.07, 6.45) is 0.616. The summed E-state index contributed by atoms with van der Waals surface area (Å²) in [7, 11) is 3.10. The van der Waals surface area contributed by atoms with Gasteiger partial charge in [-0.05, 0) is 42.8 Å². The maximum Gasteiger partial charge on any atom is 0.251 e. The van der Waals surface area contributed by atoms with Crippen molar-refractivity contribution in [3.63, 3.8) is 0 Å². The first-order chi connectivity index (χ1) is 16.9. The SMILES string of the molecule is COCCNC(=O)c1cccc(NC(=O)CCCC(=O)Nc2cccc(C(=O)NCCOC)c2)c1. The first-order valence-corrected chi connectivity index (χ1v) is 11.3. The van der Waals surface area contributed by atoms with Crippen molar-refractivity contribution < 1.29 is 28.7 Å². The van der Waals surface area contributed by atoms with Crippen molar-refractivity contribution in [1.29, 1.82) is 0 Å². The zero-order valence-corrected chi connectivity index (χ0v) is 20.0. The number of hydrogen-bond donors (Lipinski definition) is 4. The summed E-state index contributed by atoms with van der Waals surface area (Å²) in [5.74, 6) is -1.04. The Hall–Kier alpha value is -3.76. The van der Waals surface area contributed by atoms with Gasteiger partial charge in [-0.1, -0.05) is 12.1 Å². The highest BCUT2D eigenvalue weighted by atomic mass is 16.5. The van der Waals surface area contributed by atoms with Crippen LogP contribution in [0, 0.1) is 0 Å². The third-order valence-electron chi connectivity index (χ3n) is 4.81. The van der Waals surface area contributed by atoms with Gasteiger partial charge in [0.05, 0.1) is 13.2 Å². The molecule has 0 unspecified atom stereocenters. The van der Waals surface area contributed by atoms with Gasteiger partial charge in [0.25, 0.3) is 11.8 Å². The Morgan fingerprint density at radius 3 is 1.51 bits per heavy atom. The number of nitrogens with one attached hydrogen (secondary N) is 4. The minimum absolute atomic E-state index is 0.139. The van der Waals surface area contributed by atoms with Crippen LogP contribution in [0.5, 0.6) is 0 Å². The molecule has 0 saturated carbocycles. The summed E-state index contributed by atoms with van der Waals surface area (Å²) in [5.41, 5.74) is 1.85. The van der Waals surface area contributed by atoms with Crippen molar-refractivity contribution in [3.8, 4) is 0 Å². The standard InChI is InChI=1S/C25H32N4O6/c1-34-14-12-26-24(32)18-6-3-8-20(16-18)28-22(30)10-5-11-23(31)29-21-9-4-7-19(17-21)25(33)27-13-15-35-2/h3-4,6-9,16-17H,5,10-15H2,1-2H3,(H,26,32)(H,27,33)(H,28,30)(H,29,31). The Morgan fingerprint density at radius 1 is 0.686 bits per heavy atom. The van der Waals surface area contributed by atoms with Crippen LogP contribution in [-0.2, 0) is 19.1 Å². The molecule has 10 nitrogen and oxygen atoms in total. The highest BCUT2D eigenvalue weighted by Gasteiger charge is 2.10. The lowest BCUT2D eigenvalue weighted by molar-refractivity contribution is -0.117. The Balaban J connectivity index is 1.76. The molecule has 0 fully saturated rings. The second-order valence-electron chi connectivity index (χ2n) is 7.61. The van der Waals surface area contributed by atoms with E-state index in [0.717, 1.165) is 0 Å². The van der Waals surface area contributed by atoms with Gasteiger partial charge in [-0.25, -0.2) is 0 Å². The summed E-state index contributed by atoms with van der Waals surface area (Å²) in [6.45, 7) is 1.59. The number of carbonyl (C=O) groups is 4. The highest BCUT2D eigenvalue weighted by Crippen LogP contribution is 2.13. The number of ether oxygens (including phenoxy) is 2. The van der Waals surface area contributed by atoms with Crippen molar-refractivity contribution in [1.82, 2.24) is 10.6 Å². The highest BCUT2D eigenvalue weighted by molar-refractivity contribution is 5.98. The molecule has 0 atom stereocenters. The molecule has 0 aliphatic carbocycles.